The van der Waals surface area contributed by atoms with Crippen molar-refractivity contribution in [2.45, 2.75) is 49.1 Å². The monoisotopic (exact) mass is 506 g/mol. The van der Waals surface area contributed by atoms with Gasteiger partial charge >= 0.3 is 5.97 Å². The van der Waals surface area contributed by atoms with Gasteiger partial charge in [-0.2, -0.15) is 0 Å². The fourth-order valence-corrected chi connectivity index (χ4v) is 5.92. The highest BCUT2D eigenvalue weighted by atomic mass is 32.2. The molecule has 0 radical (unpaired) electrons. The third-order valence-corrected chi connectivity index (χ3v) is 8.13. The van der Waals surface area contributed by atoms with E-state index in [1.807, 2.05) is 48.5 Å². The van der Waals surface area contributed by atoms with Crippen LogP contribution in [0, 0.1) is 5.92 Å². The van der Waals surface area contributed by atoms with Crippen LogP contribution < -0.4 is 10.0 Å². The van der Waals surface area contributed by atoms with Crippen LogP contribution in [0.3, 0.4) is 0 Å². The van der Waals surface area contributed by atoms with E-state index in [-0.39, 0.29) is 29.2 Å². The molecule has 7 nitrogen and oxygen atoms in total. The Bertz CT molecular complexity index is 1270. The van der Waals surface area contributed by atoms with Crippen molar-refractivity contribution in [2.24, 2.45) is 5.92 Å². The van der Waals surface area contributed by atoms with E-state index >= 15 is 0 Å². The predicted octanol–water partition coefficient (Wildman–Crippen LogP) is 4.52. The number of carbonyl (C=O) groups is 2. The van der Waals surface area contributed by atoms with Gasteiger partial charge in [-0.3, -0.25) is 9.59 Å². The quantitative estimate of drug-likeness (QED) is 0.395. The Morgan fingerprint density at radius 3 is 1.94 bits per heavy atom. The number of aliphatic carboxylic acids is 1. The minimum absolute atomic E-state index is 0.192. The van der Waals surface area contributed by atoms with Crippen LogP contribution in [-0.4, -0.2) is 31.4 Å². The van der Waals surface area contributed by atoms with E-state index < -0.39 is 22.0 Å². The highest BCUT2D eigenvalue weighted by molar-refractivity contribution is 7.89. The van der Waals surface area contributed by atoms with Crippen LogP contribution in [0.1, 0.15) is 43.7 Å². The molecule has 36 heavy (non-hydrogen) atoms. The highest BCUT2D eigenvalue weighted by Gasteiger charge is 2.30. The molecule has 0 unspecified atom stereocenters. The summed E-state index contributed by atoms with van der Waals surface area (Å²) in [6.07, 6.45) is 1.93. The van der Waals surface area contributed by atoms with Crippen molar-refractivity contribution in [3.63, 3.8) is 0 Å². The SMILES string of the molecule is O=C(O)C[C@@H](NC(=O)C1CCC(NS(=O)(=O)c2ccc(-c3ccccc3)cc2)CC1)c1ccccc1. The number of carboxylic acids is 1. The van der Waals surface area contributed by atoms with Crippen LogP contribution in [0.4, 0.5) is 0 Å². The first kappa shape index (κ1) is 25.6. The molecule has 0 heterocycles. The first-order valence-corrected chi connectivity index (χ1v) is 13.5. The fourth-order valence-electron chi connectivity index (χ4n) is 4.62. The minimum atomic E-state index is -3.68. The molecule has 1 atom stereocenters. The van der Waals surface area contributed by atoms with Gasteiger partial charge in [0.2, 0.25) is 15.9 Å². The molecule has 0 aromatic heterocycles. The van der Waals surface area contributed by atoms with Crippen molar-refractivity contribution >= 4 is 21.9 Å². The van der Waals surface area contributed by atoms with Gasteiger partial charge in [0, 0.05) is 12.0 Å². The average molecular weight is 507 g/mol. The van der Waals surface area contributed by atoms with E-state index in [1.54, 1.807) is 36.4 Å². The molecular weight excluding hydrogens is 476 g/mol. The number of amides is 1. The van der Waals surface area contributed by atoms with Crippen LogP contribution in [-0.2, 0) is 19.6 Å². The summed E-state index contributed by atoms with van der Waals surface area (Å²) in [6, 6.07) is 24.7. The van der Waals surface area contributed by atoms with Gasteiger partial charge < -0.3 is 10.4 Å². The van der Waals surface area contributed by atoms with Crippen molar-refractivity contribution in [2.75, 3.05) is 0 Å². The zero-order chi connectivity index (χ0) is 25.5. The maximum absolute atomic E-state index is 12.9. The predicted molar refractivity (Wildman–Crippen MR) is 138 cm³/mol. The molecule has 1 fully saturated rings. The second kappa shape index (κ2) is 11.5. The summed E-state index contributed by atoms with van der Waals surface area (Å²) in [5.74, 6) is -1.46. The molecule has 188 valence electrons. The number of sulfonamides is 1. The highest BCUT2D eigenvalue weighted by Crippen LogP contribution is 2.28. The Morgan fingerprint density at radius 2 is 1.36 bits per heavy atom. The van der Waals surface area contributed by atoms with Crippen LogP contribution in [0.15, 0.2) is 89.8 Å². The second-order valence-electron chi connectivity index (χ2n) is 9.13. The normalized spacial score (nSPS) is 18.8. The molecule has 1 saturated carbocycles. The Hall–Kier alpha value is -3.49. The van der Waals surface area contributed by atoms with E-state index in [0.29, 0.717) is 25.7 Å². The van der Waals surface area contributed by atoms with Gasteiger partial charge in [0.05, 0.1) is 17.4 Å². The summed E-state index contributed by atoms with van der Waals surface area (Å²) >= 11 is 0. The standard InChI is InChI=1S/C28H30N2O5S/c31-27(32)19-26(22-9-5-2-6-10-22)29-28(33)23-11-15-24(16-12-23)30-36(34,35)25-17-13-21(14-18-25)20-7-3-1-4-8-20/h1-10,13-14,17-18,23-24,26,30H,11-12,15-16,19H2,(H,29,33)(H,31,32)/t23?,24?,26-/m1/s1. The van der Waals surface area contributed by atoms with Crippen LogP contribution in [0.25, 0.3) is 11.1 Å². The van der Waals surface area contributed by atoms with Crippen molar-refractivity contribution in [1.82, 2.24) is 10.0 Å². The molecule has 1 aliphatic carbocycles. The maximum Gasteiger partial charge on any atom is 0.305 e. The van der Waals surface area contributed by atoms with Gasteiger partial charge in [-0.1, -0.05) is 72.8 Å². The summed E-state index contributed by atoms with van der Waals surface area (Å²) in [6.45, 7) is 0. The number of rotatable bonds is 9. The van der Waals surface area contributed by atoms with Gasteiger partial charge in [0.15, 0.2) is 0 Å². The van der Waals surface area contributed by atoms with Crippen molar-refractivity contribution in [3.8, 4) is 11.1 Å². The summed E-state index contributed by atoms with van der Waals surface area (Å²) < 4.78 is 28.6. The molecule has 4 rings (SSSR count). The number of nitrogens with one attached hydrogen (secondary N) is 2. The Balaban J connectivity index is 1.32. The molecule has 8 heteroatoms. The Labute approximate surface area is 211 Å². The number of carbonyl (C=O) groups excluding carboxylic acids is 1. The average Bonchev–Trinajstić information content (AvgIpc) is 2.89. The van der Waals surface area contributed by atoms with Gasteiger partial charge in [-0.25, -0.2) is 13.1 Å². The van der Waals surface area contributed by atoms with E-state index in [4.69, 9.17) is 0 Å². The lowest BCUT2D eigenvalue weighted by molar-refractivity contribution is -0.138. The number of hydrogen-bond donors (Lipinski definition) is 3. The summed E-state index contributed by atoms with van der Waals surface area (Å²) in [7, 11) is -3.68. The van der Waals surface area contributed by atoms with Crippen molar-refractivity contribution in [3.05, 3.63) is 90.5 Å². The Morgan fingerprint density at radius 1 is 0.806 bits per heavy atom. The second-order valence-corrected chi connectivity index (χ2v) is 10.8. The zero-order valence-electron chi connectivity index (χ0n) is 19.8. The van der Waals surface area contributed by atoms with Crippen LogP contribution in [0.2, 0.25) is 0 Å². The molecule has 3 N–H and O–H groups in total. The van der Waals surface area contributed by atoms with Crippen LogP contribution in [0.5, 0.6) is 0 Å². The number of carboxylic acid groups (broad SMARTS) is 1. The van der Waals surface area contributed by atoms with E-state index in [0.717, 1.165) is 16.7 Å². The molecule has 0 aliphatic heterocycles. The van der Waals surface area contributed by atoms with E-state index in [1.165, 1.54) is 0 Å². The fraction of sp³-hybridized carbons (Fsp3) is 0.286. The third-order valence-electron chi connectivity index (χ3n) is 6.59. The van der Waals surface area contributed by atoms with Gasteiger partial charge in [0.25, 0.3) is 0 Å². The van der Waals surface area contributed by atoms with E-state index in [2.05, 4.69) is 10.0 Å². The van der Waals surface area contributed by atoms with Gasteiger partial charge in [-0.05, 0) is 54.5 Å². The molecule has 1 amide bonds. The minimum Gasteiger partial charge on any atom is -0.481 e. The molecule has 0 bridgehead atoms. The topological polar surface area (TPSA) is 113 Å². The van der Waals surface area contributed by atoms with Crippen molar-refractivity contribution < 1.29 is 23.1 Å². The molecule has 3 aromatic rings. The maximum atomic E-state index is 12.9. The Kier molecular flexibility index (Phi) is 8.18. The van der Waals surface area contributed by atoms with Crippen molar-refractivity contribution in [1.29, 1.82) is 0 Å². The zero-order valence-corrected chi connectivity index (χ0v) is 20.7. The third kappa shape index (κ3) is 6.59. The molecule has 0 spiro atoms. The first-order valence-electron chi connectivity index (χ1n) is 12.1. The first-order chi connectivity index (χ1) is 17.3. The van der Waals surface area contributed by atoms with E-state index in [9.17, 15) is 23.1 Å². The summed E-state index contributed by atoms with van der Waals surface area (Å²) in [5.41, 5.74) is 2.70. The molecule has 0 saturated heterocycles. The molecule has 1 aliphatic rings. The number of hydrogen-bond acceptors (Lipinski definition) is 4. The van der Waals surface area contributed by atoms with Gasteiger partial charge in [-0.15, -0.1) is 0 Å². The van der Waals surface area contributed by atoms with Gasteiger partial charge in [0.1, 0.15) is 0 Å². The lowest BCUT2D eigenvalue weighted by Gasteiger charge is -2.29. The summed E-state index contributed by atoms with van der Waals surface area (Å²) in [5, 5.41) is 12.1. The summed E-state index contributed by atoms with van der Waals surface area (Å²) in [4.78, 5) is 24.4. The smallest absolute Gasteiger partial charge is 0.305 e. The lowest BCUT2D eigenvalue weighted by Crippen LogP contribution is -2.41. The van der Waals surface area contributed by atoms with Crippen LogP contribution >= 0.6 is 0 Å². The molecule has 3 aromatic carbocycles. The molecular formula is C28H30N2O5S. The largest absolute Gasteiger partial charge is 0.481 e. The number of benzene rings is 3. The lowest BCUT2D eigenvalue weighted by atomic mass is 9.85.